The molecule has 0 heterocycles. The Bertz CT molecular complexity index is 450. The number of nitrogens with two attached hydrogens (primary N) is 1. The lowest BCUT2D eigenvalue weighted by atomic mass is 9.84. The summed E-state index contributed by atoms with van der Waals surface area (Å²) in [5.41, 5.74) is 6.87. The fourth-order valence-corrected chi connectivity index (χ4v) is 3.11. The van der Waals surface area contributed by atoms with Gasteiger partial charge in [-0.3, -0.25) is 0 Å². The molecule has 1 aromatic rings. The Labute approximate surface area is 125 Å². The highest BCUT2D eigenvalue weighted by atomic mass is 16.4. The van der Waals surface area contributed by atoms with E-state index in [1.54, 1.807) is 0 Å². The number of rotatable bonds is 6. The van der Waals surface area contributed by atoms with Crippen molar-refractivity contribution in [1.29, 1.82) is 0 Å². The molecule has 2 rings (SSSR count). The lowest BCUT2D eigenvalue weighted by Crippen LogP contribution is -2.43. The molecule has 5 heteroatoms. The van der Waals surface area contributed by atoms with E-state index in [9.17, 15) is 5.11 Å². The van der Waals surface area contributed by atoms with Crippen molar-refractivity contribution in [3.63, 3.8) is 0 Å². The molecule has 1 aliphatic rings. The zero-order valence-corrected chi connectivity index (χ0v) is 12.3. The summed E-state index contributed by atoms with van der Waals surface area (Å²) < 4.78 is 0. The van der Waals surface area contributed by atoms with Gasteiger partial charge in [0.05, 0.1) is 5.92 Å². The first-order valence-corrected chi connectivity index (χ1v) is 7.63. The van der Waals surface area contributed by atoms with E-state index < -0.39 is 0 Å². The number of nitrogens with zero attached hydrogens (tertiary/aromatic N) is 1. The van der Waals surface area contributed by atoms with Crippen molar-refractivity contribution in [2.75, 3.05) is 13.2 Å². The first-order valence-electron chi connectivity index (χ1n) is 7.63. The van der Waals surface area contributed by atoms with Gasteiger partial charge in [0.2, 0.25) is 0 Å². The molecular weight excluding hydrogens is 266 g/mol. The predicted molar refractivity (Wildman–Crippen MR) is 83.4 cm³/mol. The van der Waals surface area contributed by atoms with E-state index in [4.69, 9.17) is 10.9 Å². The van der Waals surface area contributed by atoms with E-state index in [1.807, 2.05) is 30.3 Å². The van der Waals surface area contributed by atoms with Gasteiger partial charge in [-0.1, -0.05) is 48.3 Å². The van der Waals surface area contributed by atoms with Crippen LogP contribution in [0.5, 0.6) is 0 Å². The normalized spacial score (nSPS) is 24.7. The topological polar surface area (TPSA) is 90.9 Å². The average Bonchev–Trinajstić information content (AvgIpc) is 2.56. The molecule has 0 aromatic heterocycles. The number of amidine groups is 1. The van der Waals surface area contributed by atoms with Gasteiger partial charge in [0.15, 0.2) is 0 Å². The van der Waals surface area contributed by atoms with Crippen LogP contribution >= 0.6 is 0 Å². The van der Waals surface area contributed by atoms with Crippen LogP contribution in [0.15, 0.2) is 35.5 Å². The van der Waals surface area contributed by atoms with Gasteiger partial charge >= 0.3 is 0 Å². The van der Waals surface area contributed by atoms with Crippen molar-refractivity contribution in [2.45, 2.75) is 37.6 Å². The Morgan fingerprint density at radius 1 is 1.29 bits per heavy atom. The summed E-state index contributed by atoms with van der Waals surface area (Å²) in [5, 5.41) is 25.1. The molecule has 1 fully saturated rings. The molecule has 1 saturated carbocycles. The third kappa shape index (κ3) is 4.19. The number of aliphatic hydroxyl groups is 1. The molecule has 0 spiro atoms. The largest absolute Gasteiger partial charge is 0.409 e. The molecule has 21 heavy (non-hydrogen) atoms. The van der Waals surface area contributed by atoms with Crippen molar-refractivity contribution in [1.82, 2.24) is 5.32 Å². The van der Waals surface area contributed by atoms with Gasteiger partial charge in [0.1, 0.15) is 5.84 Å². The molecule has 0 aliphatic heterocycles. The Morgan fingerprint density at radius 3 is 2.67 bits per heavy atom. The molecule has 0 radical (unpaired) electrons. The van der Waals surface area contributed by atoms with Crippen LogP contribution in [0, 0.1) is 5.92 Å². The molecule has 5 nitrogen and oxygen atoms in total. The van der Waals surface area contributed by atoms with Gasteiger partial charge in [-0.2, -0.15) is 0 Å². The lowest BCUT2D eigenvalue weighted by molar-refractivity contribution is 0.153. The maximum atomic E-state index is 9.47. The van der Waals surface area contributed by atoms with Crippen molar-refractivity contribution in [3.05, 3.63) is 35.9 Å². The number of aliphatic hydroxyl groups excluding tert-OH is 1. The fraction of sp³-hybridized carbons (Fsp3) is 0.562. The van der Waals surface area contributed by atoms with E-state index in [1.165, 1.54) is 12.8 Å². The van der Waals surface area contributed by atoms with E-state index in [2.05, 4.69) is 10.5 Å². The minimum absolute atomic E-state index is 0.155. The van der Waals surface area contributed by atoms with E-state index in [0.717, 1.165) is 18.4 Å². The predicted octanol–water partition coefficient (Wildman–Crippen LogP) is 1.66. The summed E-state index contributed by atoms with van der Waals surface area (Å²) in [5.74, 6) is 0.366. The number of benzene rings is 1. The van der Waals surface area contributed by atoms with Crippen molar-refractivity contribution < 1.29 is 10.3 Å². The molecule has 1 aromatic carbocycles. The van der Waals surface area contributed by atoms with Crippen LogP contribution in [-0.2, 0) is 0 Å². The highest BCUT2D eigenvalue weighted by Gasteiger charge is 2.26. The average molecular weight is 291 g/mol. The standard InChI is InChI=1S/C16H25N3O2/c17-16(19-21)14(12-6-2-1-3-7-12)10-18-15-9-5-4-8-13(15)11-20/h1-3,6-7,13-15,18,20-21H,4-5,8-11H2,(H2,17,19). The zero-order valence-electron chi connectivity index (χ0n) is 12.3. The zero-order chi connectivity index (χ0) is 15.1. The third-order valence-corrected chi connectivity index (χ3v) is 4.40. The van der Waals surface area contributed by atoms with E-state index >= 15 is 0 Å². The van der Waals surface area contributed by atoms with Gasteiger partial charge in [0, 0.05) is 19.2 Å². The molecule has 1 aliphatic carbocycles. The van der Waals surface area contributed by atoms with Crippen molar-refractivity contribution >= 4 is 5.84 Å². The maximum absolute atomic E-state index is 9.47. The first-order chi connectivity index (χ1) is 10.3. The molecule has 3 atom stereocenters. The summed E-state index contributed by atoms with van der Waals surface area (Å²) in [6, 6.07) is 10.1. The number of hydrogen-bond donors (Lipinski definition) is 4. The maximum Gasteiger partial charge on any atom is 0.147 e. The van der Waals surface area contributed by atoms with Gasteiger partial charge in [-0.25, -0.2) is 0 Å². The summed E-state index contributed by atoms with van der Waals surface area (Å²) in [6.07, 6.45) is 4.51. The summed E-state index contributed by atoms with van der Waals surface area (Å²) in [6.45, 7) is 0.832. The minimum Gasteiger partial charge on any atom is -0.409 e. The molecular formula is C16H25N3O2. The quantitative estimate of drug-likeness (QED) is 0.278. The summed E-state index contributed by atoms with van der Waals surface area (Å²) in [4.78, 5) is 0. The Kier molecular flexibility index (Phi) is 6.02. The minimum atomic E-state index is -0.155. The van der Waals surface area contributed by atoms with Gasteiger partial charge in [0.25, 0.3) is 0 Å². The molecule has 0 saturated heterocycles. The highest BCUT2D eigenvalue weighted by molar-refractivity contribution is 5.87. The molecule has 5 N–H and O–H groups in total. The Balaban J connectivity index is 2.02. The summed E-state index contributed by atoms with van der Waals surface area (Å²) >= 11 is 0. The molecule has 0 bridgehead atoms. The second-order valence-electron chi connectivity index (χ2n) is 5.73. The van der Waals surface area contributed by atoms with Gasteiger partial charge in [-0.05, 0) is 24.3 Å². The van der Waals surface area contributed by atoms with Crippen molar-refractivity contribution in [3.8, 4) is 0 Å². The molecule has 3 unspecified atom stereocenters. The number of oxime groups is 1. The van der Waals surface area contributed by atoms with Gasteiger partial charge in [-0.15, -0.1) is 0 Å². The van der Waals surface area contributed by atoms with Crippen LogP contribution in [0.25, 0.3) is 0 Å². The molecule has 116 valence electrons. The van der Waals surface area contributed by atoms with Crippen molar-refractivity contribution in [2.24, 2.45) is 16.8 Å². The van der Waals surface area contributed by atoms with Crippen LogP contribution in [0.4, 0.5) is 0 Å². The van der Waals surface area contributed by atoms with E-state index in [-0.39, 0.29) is 18.4 Å². The van der Waals surface area contributed by atoms with Crippen LogP contribution in [0.2, 0.25) is 0 Å². The monoisotopic (exact) mass is 291 g/mol. The fourth-order valence-electron chi connectivity index (χ4n) is 3.11. The highest BCUT2D eigenvalue weighted by Crippen LogP contribution is 2.25. The second kappa shape index (κ2) is 8.00. The number of hydrogen-bond acceptors (Lipinski definition) is 4. The smallest absolute Gasteiger partial charge is 0.147 e. The second-order valence-corrected chi connectivity index (χ2v) is 5.73. The van der Waals surface area contributed by atoms with Crippen LogP contribution in [-0.4, -0.2) is 35.3 Å². The van der Waals surface area contributed by atoms with Crippen LogP contribution < -0.4 is 11.1 Å². The van der Waals surface area contributed by atoms with Crippen LogP contribution in [0.3, 0.4) is 0 Å². The third-order valence-electron chi connectivity index (χ3n) is 4.40. The van der Waals surface area contributed by atoms with Gasteiger partial charge < -0.3 is 21.4 Å². The number of nitrogens with one attached hydrogen (secondary N) is 1. The Hall–Kier alpha value is -1.59. The first kappa shape index (κ1) is 15.8. The lowest BCUT2D eigenvalue weighted by Gasteiger charge is -2.32. The SMILES string of the molecule is N/C(=N/O)C(CNC1CCCCC1CO)c1ccccc1. The van der Waals surface area contributed by atoms with E-state index in [0.29, 0.717) is 18.5 Å². The molecule has 0 amide bonds. The summed E-state index contributed by atoms with van der Waals surface area (Å²) in [7, 11) is 0. The Morgan fingerprint density at radius 2 is 2.00 bits per heavy atom. The van der Waals surface area contributed by atoms with Crippen LogP contribution in [0.1, 0.15) is 37.2 Å².